The number of nitrogens with one attached hydrogen (secondary N) is 1. The van der Waals surface area contributed by atoms with Crippen molar-refractivity contribution >= 4 is 27.3 Å². The largest absolute Gasteiger partial charge is 0.390 e. The van der Waals surface area contributed by atoms with Gasteiger partial charge in [-0.15, -0.1) is 11.3 Å². The van der Waals surface area contributed by atoms with E-state index in [2.05, 4.69) is 46.5 Å². The summed E-state index contributed by atoms with van der Waals surface area (Å²) >= 11 is 5.21. The molecular weight excluding hydrogens is 288 g/mol. The molecule has 0 spiro atoms. The molecule has 4 N–H and O–H groups in total. The SMILES string of the molecule is CC(C)(CNCC(O)CN)c1cc(Br)cs1. The second-order valence-corrected chi connectivity index (χ2v) is 6.36. The summed E-state index contributed by atoms with van der Waals surface area (Å²) in [6.45, 7) is 6.06. The van der Waals surface area contributed by atoms with Gasteiger partial charge < -0.3 is 16.2 Å². The zero-order valence-corrected chi connectivity index (χ0v) is 12.1. The molecule has 92 valence electrons. The van der Waals surface area contributed by atoms with Crippen molar-refractivity contribution in [3.8, 4) is 0 Å². The average Bonchev–Trinajstić information content (AvgIpc) is 2.65. The molecule has 0 aliphatic rings. The lowest BCUT2D eigenvalue weighted by molar-refractivity contribution is 0.177. The smallest absolute Gasteiger partial charge is 0.0786 e. The van der Waals surface area contributed by atoms with Crippen LogP contribution in [0.5, 0.6) is 0 Å². The van der Waals surface area contributed by atoms with Crippen LogP contribution >= 0.6 is 27.3 Å². The normalized spacial score (nSPS) is 14.1. The molecule has 0 aliphatic heterocycles. The highest BCUT2D eigenvalue weighted by molar-refractivity contribution is 9.10. The predicted octanol–water partition coefficient (Wildman–Crippen LogP) is 1.70. The Morgan fingerprint density at radius 2 is 2.31 bits per heavy atom. The number of aliphatic hydroxyl groups is 1. The van der Waals surface area contributed by atoms with E-state index in [4.69, 9.17) is 5.73 Å². The highest BCUT2D eigenvalue weighted by atomic mass is 79.9. The highest BCUT2D eigenvalue weighted by Gasteiger charge is 2.22. The Kier molecular flexibility index (Phi) is 5.40. The van der Waals surface area contributed by atoms with Crippen LogP contribution in [0.25, 0.3) is 0 Å². The van der Waals surface area contributed by atoms with Crippen LogP contribution in [0.4, 0.5) is 0 Å². The molecule has 0 saturated carbocycles. The van der Waals surface area contributed by atoms with Crippen LogP contribution in [-0.4, -0.2) is 30.8 Å². The number of rotatable bonds is 6. The van der Waals surface area contributed by atoms with Gasteiger partial charge in [-0.25, -0.2) is 0 Å². The van der Waals surface area contributed by atoms with E-state index in [0.717, 1.165) is 11.0 Å². The quantitative estimate of drug-likeness (QED) is 0.750. The van der Waals surface area contributed by atoms with Crippen molar-refractivity contribution in [2.75, 3.05) is 19.6 Å². The Hall–Kier alpha value is 0.0600. The van der Waals surface area contributed by atoms with E-state index >= 15 is 0 Å². The molecule has 0 radical (unpaired) electrons. The van der Waals surface area contributed by atoms with Gasteiger partial charge in [0.15, 0.2) is 0 Å². The fourth-order valence-electron chi connectivity index (χ4n) is 1.39. The lowest BCUT2D eigenvalue weighted by atomic mass is 9.91. The first kappa shape index (κ1) is 14.1. The van der Waals surface area contributed by atoms with Crippen LogP contribution in [-0.2, 0) is 5.41 Å². The molecule has 1 aromatic heterocycles. The monoisotopic (exact) mass is 306 g/mol. The van der Waals surface area contributed by atoms with Crippen molar-refractivity contribution in [3.05, 3.63) is 20.8 Å². The maximum Gasteiger partial charge on any atom is 0.0786 e. The van der Waals surface area contributed by atoms with Crippen LogP contribution in [0, 0.1) is 0 Å². The lowest BCUT2D eigenvalue weighted by Gasteiger charge is -2.24. The lowest BCUT2D eigenvalue weighted by Crippen LogP contribution is -2.39. The summed E-state index contributed by atoms with van der Waals surface area (Å²) in [5.41, 5.74) is 5.42. The number of halogens is 1. The molecule has 3 nitrogen and oxygen atoms in total. The summed E-state index contributed by atoms with van der Waals surface area (Å²) in [7, 11) is 0. The molecule has 16 heavy (non-hydrogen) atoms. The molecule has 5 heteroatoms. The van der Waals surface area contributed by atoms with E-state index in [-0.39, 0.29) is 5.41 Å². The summed E-state index contributed by atoms with van der Waals surface area (Å²) in [5, 5.41) is 14.7. The van der Waals surface area contributed by atoms with Crippen molar-refractivity contribution in [1.82, 2.24) is 5.32 Å². The third-order valence-electron chi connectivity index (χ3n) is 2.45. The van der Waals surface area contributed by atoms with Gasteiger partial charge in [0.1, 0.15) is 0 Å². The number of hydrogen-bond donors (Lipinski definition) is 3. The summed E-state index contributed by atoms with van der Waals surface area (Å²) in [4.78, 5) is 1.33. The first-order chi connectivity index (χ1) is 7.45. The Morgan fingerprint density at radius 1 is 1.62 bits per heavy atom. The molecular formula is C11H19BrN2OS. The Bertz CT molecular complexity index is 328. The van der Waals surface area contributed by atoms with Crippen LogP contribution in [0.15, 0.2) is 15.9 Å². The second-order valence-electron chi connectivity index (χ2n) is 4.53. The highest BCUT2D eigenvalue weighted by Crippen LogP contribution is 2.30. The fourth-order valence-corrected chi connectivity index (χ4v) is 2.94. The third-order valence-corrected chi connectivity index (χ3v) is 4.51. The van der Waals surface area contributed by atoms with E-state index in [1.54, 1.807) is 11.3 Å². The van der Waals surface area contributed by atoms with E-state index in [1.807, 2.05) is 0 Å². The molecule has 0 aromatic carbocycles. The standard InChI is InChI=1S/C11H19BrN2OS/c1-11(2,7-14-5-9(15)4-13)10-3-8(12)6-16-10/h3,6,9,14-15H,4-5,7,13H2,1-2H3. The van der Waals surface area contributed by atoms with Crippen LogP contribution in [0.1, 0.15) is 18.7 Å². The molecule has 1 rings (SSSR count). The minimum atomic E-state index is -0.453. The molecule has 0 aliphatic carbocycles. The van der Waals surface area contributed by atoms with Gasteiger partial charge in [-0.1, -0.05) is 13.8 Å². The predicted molar refractivity (Wildman–Crippen MR) is 73.0 cm³/mol. The van der Waals surface area contributed by atoms with Crippen molar-refractivity contribution in [3.63, 3.8) is 0 Å². The first-order valence-electron chi connectivity index (χ1n) is 5.29. The number of aliphatic hydroxyl groups excluding tert-OH is 1. The Morgan fingerprint density at radius 3 is 2.81 bits per heavy atom. The molecule has 0 amide bonds. The minimum absolute atomic E-state index is 0.0744. The van der Waals surface area contributed by atoms with Gasteiger partial charge in [-0.2, -0.15) is 0 Å². The molecule has 1 unspecified atom stereocenters. The van der Waals surface area contributed by atoms with Crippen molar-refractivity contribution in [2.45, 2.75) is 25.4 Å². The Labute approximate surface area is 109 Å². The van der Waals surface area contributed by atoms with E-state index in [0.29, 0.717) is 13.1 Å². The van der Waals surface area contributed by atoms with Crippen molar-refractivity contribution in [2.24, 2.45) is 5.73 Å². The topological polar surface area (TPSA) is 58.3 Å². The van der Waals surface area contributed by atoms with Gasteiger partial charge in [0, 0.05) is 39.8 Å². The van der Waals surface area contributed by atoms with Crippen LogP contribution < -0.4 is 11.1 Å². The first-order valence-corrected chi connectivity index (χ1v) is 6.96. The van der Waals surface area contributed by atoms with E-state index in [1.165, 1.54) is 4.88 Å². The molecule has 1 heterocycles. The zero-order valence-electron chi connectivity index (χ0n) is 9.66. The summed E-state index contributed by atoms with van der Waals surface area (Å²) in [5.74, 6) is 0. The van der Waals surface area contributed by atoms with Gasteiger partial charge >= 0.3 is 0 Å². The molecule has 1 aromatic rings. The number of hydrogen-bond acceptors (Lipinski definition) is 4. The molecule has 0 saturated heterocycles. The van der Waals surface area contributed by atoms with Crippen LogP contribution in [0.3, 0.4) is 0 Å². The van der Waals surface area contributed by atoms with Crippen LogP contribution in [0.2, 0.25) is 0 Å². The van der Waals surface area contributed by atoms with Gasteiger partial charge in [0.25, 0.3) is 0 Å². The van der Waals surface area contributed by atoms with Gasteiger partial charge in [0.05, 0.1) is 6.10 Å². The number of nitrogens with two attached hydrogens (primary N) is 1. The fraction of sp³-hybridized carbons (Fsp3) is 0.636. The molecule has 0 bridgehead atoms. The summed E-state index contributed by atoms with van der Waals surface area (Å²) < 4.78 is 1.13. The third kappa shape index (κ3) is 4.14. The Balaban J connectivity index is 2.46. The van der Waals surface area contributed by atoms with Gasteiger partial charge in [-0.3, -0.25) is 0 Å². The summed E-state index contributed by atoms with van der Waals surface area (Å²) in [6, 6.07) is 2.14. The van der Waals surface area contributed by atoms with E-state index < -0.39 is 6.10 Å². The van der Waals surface area contributed by atoms with E-state index in [9.17, 15) is 5.11 Å². The minimum Gasteiger partial charge on any atom is -0.390 e. The second kappa shape index (κ2) is 6.12. The summed E-state index contributed by atoms with van der Waals surface area (Å²) in [6.07, 6.45) is -0.453. The average molecular weight is 307 g/mol. The van der Waals surface area contributed by atoms with Gasteiger partial charge in [0.2, 0.25) is 0 Å². The van der Waals surface area contributed by atoms with Crippen molar-refractivity contribution in [1.29, 1.82) is 0 Å². The zero-order chi connectivity index (χ0) is 12.2. The van der Waals surface area contributed by atoms with Crippen molar-refractivity contribution < 1.29 is 5.11 Å². The maximum absolute atomic E-state index is 9.34. The maximum atomic E-state index is 9.34. The number of thiophene rings is 1. The molecule has 1 atom stereocenters. The van der Waals surface area contributed by atoms with Gasteiger partial charge in [-0.05, 0) is 22.0 Å². The molecule has 0 fully saturated rings.